The lowest BCUT2D eigenvalue weighted by molar-refractivity contribution is -0.115. The number of halogens is 4. The van der Waals surface area contributed by atoms with Gasteiger partial charge >= 0.3 is 0 Å². The van der Waals surface area contributed by atoms with Gasteiger partial charge in [0.05, 0.1) is 13.1 Å². The van der Waals surface area contributed by atoms with Crippen LogP contribution in [0.4, 0.5) is 18.9 Å². The van der Waals surface area contributed by atoms with Crippen LogP contribution in [0.1, 0.15) is 12.5 Å². The second kappa shape index (κ2) is 11.4. The first-order valence-electron chi connectivity index (χ1n) is 7.99. The Hall–Kier alpha value is -2.30. The molecule has 0 aliphatic heterocycles. The van der Waals surface area contributed by atoms with E-state index in [2.05, 4.69) is 20.9 Å². The maximum atomic E-state index is 13.6. The van der Waals surface area contributed by atoms with Gasteiger partial charge in [-0.3, -0.25) is 4.79 Å². The van der Waals surface area contributed by atoms with E-state index in [1.54, 1.807) is 6.07 Å². The van der Waals surface area contributed by atoms with Crippen molar-refractivity contribution in [1.29, 1.82) is 0 Å². The summed E-state index contributed by atoms with van der Waals surface area (Å²) in [4.78, 5) is 16.0. The largest absolute Gasteiger partial charge is 0.357 e. The van der Waals surface area contributed by atoms with Crippen molar-refractivity contribution in [2.24, 2.45) is 4.99 Å². The summed E-state index contributed by atoms with van der Waals surface area (Å²) in [5.74, 6) is -1.70. The van der Waals surface area contributed by atoms with Crippen molar-refractivity contribution >= 4 is 41.5 Å². The Morgan fingerprint density at radius 1 is 1.04 bits per heavy atom. The molecule has 9 heteroatoms. The molecule has 0 atom stereocenters. The molecule has 0 saturated heterocycles. The molecule has 5 nitrogen and oxygen atoms in total. The molecule has 0 spiro atoms. The van der Waals surface area contributed by atoms with Crippen LogP contribution in [0.25, 0.3) is 0 Å². The molecule has 1 amide bonds. The molecule has 0 bridgehead atoms. The summed E-state index contributed by atoms with van der Waals surface area (Å²) in [6.45, 7) is 2.12. The molecule has 2 aromatic carbocycles. The van der Waals surface area contributed by atoms with Crippen LogP contribution in [0.2, 0.25) is 0 Å². The zero-order valence-corrected chi connectivity index (χ0v) is 16.9. The maximum absolute atomic E-state index is 13.6. The van der Waals surface area contributed by atoms with Crippen LogP contribution >= 0.6 is 24.0 Å². The number of rotatable bonds is 6. The number of carbonyl (C=O) groups excluding carboxylic acids is 1. The minimum Gasteiger partial charge on any atom is -0.357 e. The zero-order valence-electron chi connectivity index (χ0n) is 14.6. The molecule has 0 fully saturated rings. The number of guanidine groups is 1. The number of aliphatic imine (C=N–C) groups is 1. The monoisotopic (exact) mass is 492 g/mol. The maximum Gasteiger partial charge on any atom is 0.243 e. The Kier molecular flexibility index (Phi) is 9.62. The lowest BCUT2D eigenvalue weighted by Gasteiger charge is -2.12. The number of amides is 1. The first-order valence-corrected chi connectivity index (χ1v) is 7.99. The third-order valence-corrected chi connectivity index (χ3v) is 3.28. The van der Waals surface area contributed by atoms with E-state index in [1.807, 2.05) is 6.92 Å². The van der Waals surface area contributed by atoms with Gasteiger partial charge in [0.15, 0.2) is 5.96 Å². The molecule has 0 unspecified atom stereocenters. The molecule has 3 N–H and O–H groups in total. The number of benzene rings is 2. The highest BCUT2D eigenvalue weighted by atomic mass is 127. The number of carbonyl (C=O) groups is 1. The zero-order chi connectivity index (χ0) is 18.9. The summed E-state index contributed by atoms with van der Waals surface area (Å²) >= 11 is 0. The van der Waals surface area contributed by atoms with E-state index < -0.39 is 23.4 Å². The van der Waals surface area contributed by atoms with Gasteiger partial charge in [0.1, 0.15) is 17.5 Å². The van der Waals surface area contributed by atoms with Gasteiger partial charge in [0, 0.05) is 17.8 Å². The van der Waals surface area contributed by atoms with E-state index in [9.17, 15) is 18.0 Å². The van der Waals surface area contributed by atoms with Crippen LogP contribution in [0.3, 0.4) is 0 Å². The summed E-state index contributed by atoms with van der Waals surface area (Å²) in [5.41, 5.74) is 0.437. The van der Waals surface area contributed by atoms with Crippen LogP contribution in [0.5, 0.6) is 0 Å². The van der Waals surface area contributed by atoms with Gasteiger partial charge in [0.2, 0.25) is 5.91 Å². The van der Waals surface area contributed by atoms with Gasteiger partial charge in [-0.25, -0.2) is 18.2 Å². The van der Waals surface area contributed by atoms with Crippen molar-refractivity contribution < 1.29 is 18.0 Å². The fraction of sp³-hybridized carbons (Fsp3) is 0.222. The minimum atomic E-state index is -0.560. The number of hydrogen-bond acceptors (Lipinski definition) is 2. The van der Waals surface area contributed by atoms with Crippen LogP contribution in [-0.4, -0.2) is 25.0 Å². The van der Waals surface area contributed by atoms with E-state index in [-0.39, 0.29) is 48.6 Å². The van der Waals surface area contributed by atoms with Crippen molar-refractivity contribution in [3.05, 3.63) is 65.5 Å². The molecular formula is C18H20F3IN4O. The van der Waals surface area contributed by atoms with E-state index in [0.29, 0.717) is 12.2 Å². The molecule has 0 aromatic heterocycles. The van der Waals surface area contributed by atoms with Crippen molar-refractivity contribution in [2.75, 3.05) is 18.4 Å². The average Bonchev–Trinajstić information content (AvgIpc) is 2.60. The fourth-order valence-corrected chi connectivity index (χ4v) is 2.11. The average molecular weight is 492 g/mol. The van der Waals surface area contributed by atoms with Gasteiger partial charge < -0.3 is 16.0 Å². The Morgan fingerprint density at radius 2 is 1.78 bits per heavy atom. The number of nitrogens with zero attached hydrogens (tertiary/aromatic N) is 1. The van der Waals surface area contributed by atoms with Crippen molar-refractivity contribution in [1.82, 2.24) is 10.6 Å². The predicted octanol–water partition coefficient (Wildman–Crippen LogP) is 3.42. The summed E-state index contributed by atoms with van der Waals surface area (Å²) in [6.07, 6.45) is 0. The standard InChI is InChI=1S/C18H19F3N4O.HI/c1-2-22-18(23-10-12-8-14(20)6-7-16(12)21)24-11-17(26)25-15-5-3-4-13(19)9-15;/h3-9H,2,10-11H2,1H3,(H,25,26)(H2,22,23,24);1H. The topological polar surface area (TPSA) is 65.5 Å². The summed E-state index contributed by atoms with van der Waals surface area (Å²) < 4.78 is 39.9. The first kappa shape index (κ1) is 22.7. The number of nitrogens with one attached hydrogen (secondary N) is 3. The van der Waals surface area contributed by atoms with Crippen LogP contribution < -0.4 is 16.0 Å². The minimum absolute atomic E-state index is 0. The Bertz CT molecular complexity index is 802. The van der Waals surface area contributed by atoms with Gasteiger partial charge in [-0.15, -0.1) is 24.0 Å². The van der Waals surface area contributed by atoms with Crippen LogP contribution in [-0.2, 0) is 11.3 Å². The molecule has 2 rings (SSSR count). The van der Waals surface area contributed by atoms with Gasteiger partial charge in [0.25, 0.3) is 0 Å². The molecule has 0 aliphatic carbocycles. The second-order valence-corrected chi connectivity index (χ2v) is 5.34. The highest BCUT2D eigenvalue weighted by Gasteiger charge is 2.07. The first-order chi connectivity index (χ1) is 12.5. The molecule has 0 radical (unpaired) electrons. The lowest BCUT2D eigenvalue weighted by atomic mass is 10.2. The van der Waals surface area contributed by atoms with Gasteiger partial charge in [-0.1, -0.05) is 6.07 Å². The Morgan fingerprint density at radius 3 is 2.48 bits per heavy atom. The molecule has 0 aliphatic rings. The van der Waals surface area contributed by atoms with Gasteiger partial charge in [-0.2, -0.15) is 0 Å². The molecular weight excluding hydrogens is 472 g/mol. The highest BCUT2D eigenvalue weighted by Crippen LogP contribution is 2.11. The SMILES string of the molecule is CCNC(=NCc1cc(F)ccc1F)NCC(=O)Nc1cccc(F)c1.I. The molecule has 27 heavy (non-hydrogen) atoms. The molecule has 0 saturated carbocycles. The molecule has 2 aromatic rings. The predicted molar refractivity (Wildman–Crippen MR) is 110 cm³/mol. The highest BCUT2D eigenvalue weighted by molar-refractivity contribution is 14.0. The number of anilines is 1. The number of hydrogen-bond donors (Lipinski definition) is 3. The second-order valence-electron chi connectivity index (χ2n) is 5.34. The van der Waals surface area contributed by atoms with E-state index in [0.717, 1.165) is 18.2 Å². The van der Waals surface area contributed by atoms with E-state index in [4.69, 9.17) is 0 Å². The lowest BCUT2D eigenvalue weighted by Crippen LogP contribution is -2.41. The van der Waals surface area contributed by atoms with E-state index >= 15 is 0 Å². The molecule has 146 valence electrons. The Labute approximate surface area is 172 Å². The van der Waals surface area contributed by atoms with Crippen LogP contribution in [0.15, 0.2) is 47.5 Å². The fourth-order valence-electron chi connectivity index (χ4n) is 2.11. The van der Waals surface area contributed by atoms with Gasteiger partial charge in [-0.05, 0) is 43.3 Å². The summed E-state index contributed by atoms with van der Waals surface area (Å²) in [5, 5.41) is 8.21. The molecule has 0 heterocycles. The van der Waals surface area contributed by atoms with Crippen molar-refractivity contribution in [2.45, 2.75) is 13.5 Å². The third-order valence-electron chi connectivity index (χ3n) is 3.28. The smallest absolute Gasteiger partial charge is 0.243 e. The quantitative estimate of drug-likeness (QED) is 0.329. The summed E-state index contributed by atoms with van der Waals surface area (Å²) in [7, 11) is 0. The van der Waals surface area contributed by atoms with Crippen molar-refractivity contribution in [3.63, 3.8) is 0 Å². The Balaban J connectivity index is 0.00000364. The van der Waals surface area contributed by atoms with Crippen LogP contribution in [0, 0.1) is 17.5 Å². The third kappa shape index (κ3) is 7.85. The van der Waals surface area contributed by atoms with E-state index in [1.165, 1.54) is 18.2 Å². The normalized spacial score (nSPS) is 10.7. The van der Waals surface area contributed by atoms with Crippen molar-refractivity contribution in [3.8, 4) is 0 Å². The summed E-state index contributed by atoms with van der Waals surface area (Å²) in [6, 6.07) is 8.65.